The summed E-state index contributed by atoms with van der Waals surface area (Å²) in [5.74, 6) is 0. The van der Waals surface area contributed by atoms with Crippen molar-refractivity contribution < 1.29 is 0 Å². The summed E-state index contributed by atoms with van der Waals surface area (Å²) in [7, 11) is 0. The van der Waals surface area contributed by atoms with Gasteiger partial charge in [-0.1, -0.05) is 36.4 Å². The number of rotatable bonds is 2. The minimum atomic E-state index is -0.149. The number of H-pyrrole nitrogens is 3. The van der Waals surface area contributed by atoms with Crippen LogP contribution in [0.5, 0.6) is 0 Å². The highest BCUT2D eigenvalue weighted by atomic mass is 16.1. The van der Waals surface area contributed by atoms with Crippen molar-refractivity contribution in [3.63, 3.8) is 0 Å². The van der Waals surface area contributed by atoms with Crippen molar-refractivity contribution in [1.82, 2.24) is 19.5 Å². The summed E-state index contributed by atoms with van der Waals surface area (Å²) < 4.78 is 1.66. The van der Waals surface area contributed by atoms with Gasteiger partial charge in [0.05, 0.1) is 11.4 Å². The zero-order chi connectivity index (χ0) is 17.0. The number of hydrogen-bond donors (Lipinski definition) is 3. The molecule has 5 nitrogen and oxygen atoms in total. The fourth-order valence-electron chi connectivity index (χ4n) is 3.58. The largest absolute Gasteiger partial charge is 0.359 e. The van der Waals surface area contributed by atoms with Gasteiger partial charge in [-0.3, -0.25) is 4.57 Å². The van der Waals surface area contributed by atoms with Gasteiger partial charge in [-0.25, -0.2) is 4.79 Å². The number of benzene rings is 2. The number of para-hydroxylation sites is 2. The fraction of sp³-hybridized carbons (Fsp3) is 0.0500. The van der Waals surface area contributed by atoms with E-state index in [4.69, 9.17) is 0 Å². The molecule has 25 heavy (non-hydrogen) atoms. The molecule has 0 unspecified atom stereocenters. The number of fused-ring (bicyclic) bond motifs is 2. The molecule has 0 aliphatic rings. The first-order chi connectivity index (χ1) is 12.2. The third-order valence-corrected chi connectivity index (χ3v) is 4.71. The van der Waals surface area contributed by atoms with Crippen LogP contribution in [-0.2, 0) is 0 Å². The van der Waals surface area contributed by atoms with Crippen molar-refractivity contribution >= 4 is 21.8 Å². The second kappa shape index (κ2) is 5.01. The second-order valence-corrected chi connectivity index (χ2v) is 6.23. The molecule has 0 radical (unpaired) electrons. The van der Waals surface area contributed by atoms with Crippen LogP contribution in [0.15, 0.2) is 65.7 Å². The monoisotopic (exact) mass is 328 g/mol. The number of aromatic amines is 3. The number of aryl methyl sites for hydroxylation is 1. The van der Waals surface area contributed by atoms with E-state index in [1.54, 1.807) is 4.57 Å². The Morgan fingerprint density at radius 3 is 2.44 bits per heavy atom. The Bertz CT molecular complexity index is 1280. The molecule has 5 heteroatoms. The number of hydrogen-bond acceptors (Lipinski definition) is 1. The summed E-state index contributed by atoms with van der Waals surface area (Å²) in [5, 5.41) is 2.12. The highest BCUT2D eigenvalue weighted by Gasteiger charge is 2.15. The molecule has 5 aromatic rings. The Morgan fingerprint density at radius 1 is 0.880 bits per heavy atom. The molecule has 5 rings (SSSR count). The quantitative estimate of drug-likeness (QED) is 0.448. The Morgan fingerprint density at radius 2 is 1.60 bits per heavy atom. The van der Waals surface area contributed by atoms with E-state index >= 15 is 0 Å². The van der Waals surface area contributed by atoms with Crippen LogP contribution < -0.4 is 5.69 Å². The summed E-state index contributed by atoms with van der Waals surface area (Å²) >= 11 is 0. The highest BCUT2D eigenvalue weighted by Crippen LogP contribution is 2.31. The van der Waals surface area contributed by atoms with E-state index in [1.807, 2.05) is 61.8 Å². The predicted molar refractivity (Wildman–Crippen MR) is 100 cm³/mol. The molecule has 0 atom stereocenters. The summed E-state index contributed by atoms with van der Waals surface area (Å²) in [6.45, 7) is 2.02. The van der Waals surface area contributed by atoms with Gasteiger partial charge in [0.2, 0.25) is 0 Å². The van der Waals surface area contributed by atoms with E-state index < -0.39 is 0 Å². The third-order valence-electron chi connectivity index (χ3n) is 4.71. The van der Waals surface area contributed by atoms with Gasteiger partial charge in [0.15, 0.2) is 0 Å². The molecule has 3 heterocycles. The SMILES string of the molecule is Cc1[nH]c2ccccc2c1-c1cn(-c2c[nH]c3ccccc23)c(=O)[nH]1. The molecule has 0 aliphatic carbocycles. The number of imidazole rings is 1. The zero-order valence-corrected chi connectivity index (χ0v) is 13.6. The highest BCUT2D eigenvalue weighted by molar-refractivity contribution is 5.96. The molecule has 0 amide bonds. The minimum Gasteiger partial charge on any atom is -0.359 e. The predicted octanol–water partition coefficient (Wildman–Crippen LogP) is 4.10. The first-order valence-corrected chi connectivity index (χ1v) is 8.18. The molecule has 3 aromatic heterocycles. The maximum absolute atomic E-state index is 12.6. The van der Waals surface area contributed by atoms with E-state index in [0.717, 1.165) is 44.4 Å². The number of nitrogens with zero attached hydrogens (tertiary/aromatic N) is 1. The van der Waals surface area contributed by atoms with Gasteiger partial charge in [0.1, 0.15) is 0 Å². The van der Waals surface area contributed by atoms with E-state index in [-0.39, 0.29) is 5.69 Å². The first kappa shape index (κ1) is 13.9. The van der Waals surface area contributed by atoms with Crippen LogP contribution in [0, 0.1) is 6.92 Å². The van der Waals surface area contributed by atoms with Crippen molar-refractivity contribution in [1.29, 1.82) is 0 Å². The Balaban J connectivity index is 1.75. The Labute approximate surface area is 142 Å². The van der Waals surface area contributed by atoms with Crippen molar-refractivity contribution in [2.45, 2.75) is 6.92 Å². The van der Waals surface area contributed by atoms with Gasteiger partial charge in [-0.05, 0) is 19.1 Å². The van der Waals surface area contributed by atoms with Crippen molar-refractivity contribution in [3.8, 4) is 16.9 Å². The Kier molecular flexibility index (Phi) is 2.79. The van der Waals surface area contributed by atoms with Crippen LogP contribution in [-0.4, -0.2) is 19.5 Å². The number of nitrogens with one attached hydrogen (secondary N) is 3. The molecular weight excluding hydrogens is 312 g/mol. The molecule has 0 saturated carbocycles. The Hall–Kier alpha value is -3.47. The van der Waals surface area contributed by atoms with Crippen LogP contribution in [0.1, 0.15) is 5.69 Å². The minimum absolute atomic E-state index is 0.149. The lowest BCUT2D eigenvalue weighted by atomic mass is 10.1. The normalized spacial score (nSPS) is 11.6. The van der Waals surface area contributed by atoms with E-state index in [1.165, 1.54) is 0 Å². The molecule has 0 bridgehead atoms. The molecule has 0 fully saturated rings. The lowest BCUT2D eigenvalue weighted by Gasteiger charge is -1.99. The summed E-state index contributed by atoms with van der Waals surface area (Å²) in [6, 6.07) is 16.1. The third kappa shape index (κ3) is 1.99. The average Bonchev–Trinajstić information content (AvgIpc) is 3.28. The summed E-state index contributed by atoms with van der Waals surface area (Å²) in [6.07, 6.45) is 3.74. The fourth-order valence-corrected chi connectivity index (χ4v) is 3.58. The molecule has 0 saturated heterocycles. The van der Waals surface area contributed by atoms with Gasteiger partial charge >= 0.3 is 5.69 Å². The average molecular weight is 328 g/mol. The smallest absolute Gasteiger partial charge is 0.330 e. The van der Waals surface area contributed by atoms with Crippen LogP contribution in [0.2, 0.25) is 0 Å². The topological polar surface area (TPSA) is 69.4 Å². The van der Waals surface area contributed by atoms with Gasteiger partial charge in [-0.15, -0.1) is 0 Å². The molecule has 122 valence electrons. The zero-order valence-electron chi connectivity index (χ0n) is 13.6. The lowest BCUT2D eigenvalue weighted by molar-refractivity contribution is 0.995. The summed E-state index contributed by atoms with van der Waals surface area (Å²) in [4.78, 5) is 22.2. The number of aromatic nitrogens is 4. The van der Waals surface area contributed by atoms with E-state index in [0.29, 0.717) is 0 Å². The molecule has 0 spiro atoms. The molecule has 2 aromatic carbocycles. The van der Waals surface area contributed by atoms with Crippen molar-refractivity contribution in [3.05, 3.63) is 77.1 Å². The second-order valence-electron chi connectivity index (χ2n) is 6.23. The maximum Gasteiger partial charge on any atom is 0.330 e. The first-order valence-electron chi connectivity index (χ1n) is 8.18. The van der Waals surface area contributed by atoms with Crippen LogP contribution in [0.3, 0.4) is 0 Å². The van der Waals surface area contributed by atoms with Crippen LogP contribution in [0.25, 0.3) is 38.8 Å². The molecule has 3 N–H and O–H groups in total. The van der Waals surface area contributed by atoms with E-state index in [9.17, 15) is 4.79 Å². The van der Waals surface area contributed by atoms with Gasteiger partial charge in [-0.2, -0.15) is 0 Å². The molecule has 0 aliphatic heterocycles. The standard InChI is InChI=1S/C20H16N4O/c1-12-19(14-7-3-5-9-16(14)22-12)17-11-24(20(25)23-17)18-10-21-15-8-4-2-6-13(15)18/h2-11,21-22H,1H3,(H,23,25). The van der Waals surface area contributed by atoms with Crippen LogP contribution >= 0.6 is 0 Å². The van der Waals surface area contributed by atoms with Gasteiger partial charge < -0.3 is 15.0 Å². The maximum atomic E-state index is 12.6. The van der Waals surface area contributed by atoms with Crippen LogP contribution in [0.4, 0.5) is 0 Å². The van der Waals surface area contributed by atoms with E-state index in [2.05, 4.69) is 21.0 Å². The van der Waals surface area contributed by atoms with Crippen molar-refractivity contribution in [2.24, 2.45) is 0 Å². The van der Waals surface area contributed by atoms with Crippen molar-refractivity contribution in [2.75, 3.05) is 0 Å². The van der Waals surface area contributed by atoms with Gasteiger partial charge in [0.25, 0.3) is 0 Å². The van der Waals surface area contributed by atoms with Gasteiger partial charge in [0, 0.05) is 45.5 Å². The lowest BCUT2D eigenvalue weighted by Crippen LogP contribution is -2.13. The molecular formula is C20H16N4O. The summed E-state index contributed by atoms with van der Waals surface area (Å²) in [5.41, 5.74) is 5.65.